The first-order valence-electron chi connectivity index (χ1n) is 22.1. The van der Waals surface area contributed by atoms with Gasteiger partial charge < -0.3 is 20.3 Å². The summed E-state index contributed by atoms with van der Waals surface area (Å²) in [5, 5.41) is 23.6. The number of allylic oxidation sites excluding steroid dienone is 10. The molecule has 0 saturated carbocycles. The molecule has 0 fully saturated rings. The van der Waals surface area contributed by atoms with Gasteiger partial charge in [-0.1, -0.05) is 184 Å². The van der Waals surface area contributed by atoms with Crippen molar-refractivity contribution in [3.63, 3.8) is 0 Å². The quantitative estimate of drug-likeness (QED) is 0.0253. The van der Waals surface area contributed by atoms with Crippen LogP contribution in [0, 0.1) is 0 Å². The molecule has 53 heavy (non-hydrogen) atoms. The Bertz CT molecular complexity index is 968. The summed E-state index contributed by atoms with van der Waals surface area (Å²) in [6.45, 7) is 6.24. The van der Waals surface area contributed by atoms with Gasteiger partial charge >= 0.3 is 5.97 Å². The summed E-state index contributed by atoms with van der Waals surface area (Å²) in [4.78, 5) is 25.9. The van der Waals surface area contributed by atoms with Crippen molar-refractivity contribution in [3.8, 4) is 0 Å². The summed E-state index contributed by atoms with van der Waals surface area (Å²) in [6.07, 6.45) is 48.5. The van der Waals surface area contributed by atoms with Crippen LogP contribution in [-0.2, 0) is 14.3 Å². The molecule has 3 N–H and O–H groups in total. The number of unbranched alkanes of at least 4 members (excludes halogenated alkanes) is 19. The third-order valence-electron chi connectivity index (χ3n) is 9.66. The van der Waals surface area contributed by atoms with E-state index in [4.69, 9.17) is 4.74 Å². The zero-order valence-electron chi connectivity index (χ0n) is 34.6. The number of nitrogens with one attached hydrogen (secondary N) is 1. The number of aliphatic hydroxyl groups is 2. The number of amides is 1. The Morgan fingerprint density at radius 1 is 0.566 bits per heavy atom. The lowest BCUT2D eigenvalue weighted by atomic mass is 10.0. The van der Waals surface area contributed by atoms with E-state index in [2.05, 4.69) is 56.5 Å². The average molecular weight is 742 g/mol. The van der Waals surface area contributed by atoms with Crippen LogP contribution in [0.5, 0.6) is 0 Å². The summed E-state index contributed by atoms with van der Waals surface area (Å²) in [7, 11) is 0. The van der Waals surface area contributed by atoms with Crippen molar-refractivity contribution < 1.29 is 24.5 Å². The predicted octanol–water partition coefficient (Wildman–Crippen LogP) is 12.5. The van der Waals surface area contributed by atoms with Crippen molar-refractivity contribution >= 4 is 11.9 Å². The van der Waals surface area contributed by atoms with Crippen LogP contribution in [0.1, 0.15) is 201 Å². The van der Waals surface area contributed by atoms with Crippen LogP contribution in [0.4, 0.5) is 0 Å². The smallest absolute Gasteiger partial charge is 0.306 e. The van der Waals surface area contributed by atoms with Crippen molar-refractivity contribution in [2.75, 3.05) is 6.61 Å². The lowest BCUT2D eigenvalue weighted by Gasteiger charge is -2.24. The Morgan fingerprint density at radius 3 is 1.70 bits per heavy atom. The maximum atomic E-state index is 13.1. The van der Waals surface area contributed by atoms with Crippen LogP contribution < -0.4 is 5.32 Å². The van der Waals surface area contributed by atoms with E-state index in [9.17, 15) is 19.8 Å². The summed E-state index contributed by atoms with van der Waals surface area (Å²) in [5.74, 6) is -0.531. The minimum Gasteiger partial charge on any atom is -0.462 e. The highest BCUT2D eigenvalue weighted by Crippen LogP contribution is 2.17. The fourth-order valence-corrected chi connectivity index (χ4v) is 6.32. The zero-order valence-corrected chi connectivity index (χ0v) is 34.6. The molecule has 0 aliphatic carbocycles. The van der Waals surface area contributed by atoms with E-state index in [1.165, 1.54) is 70.6 Å². The van der Waals surface area contributed by atoms with E-state index in [1.807, 2.05) is 30.4 Å². The molecule has 306 valence electrons. The lowest BCUT2D eigenvalue weighted by molar-refractivity contribution is -0.151. The highest BCUT2D eigenvalue weighted by molar-refractivity contribution is 5.77. The monoisotopic (exact) mass is 742 g/mol. The normalized spacial score (nSPS) is 14.0. The van der Waals surface area contributed by atoms with E-state index < -0.39 is 18.2 Å². The number of carbonyl (C=O) groups is 2. The van der Waals surface area contributed by atoms with E-state index in [1.54, 1.807) is 0 Å². The molecule has 6 heteroatoms. The van der Waals surface area contributed by atoms with Gasteiger partial charge in [0.1, 0.15) is 6.10 Å². The SMILES string of the molecule is CC/C=C/C=C/C=C/C=C\CCCCCC(CC(=O)NC(CO)C(O)CCCCCCCCCCCCC)OC(=O)CCCCCCC/C=C\CCC. The Labute approximate surface area is 327 Å². The van der Waals surface area contributed by atoms with Crippen molar-refractivity contribution in [1.82, 2.24) is 5.32 Å². The largest absolute Gasteiger partial charge is 0.462 e. The molecule has 0 rings (SSSR count). The summed E-state index contributed by atoms with van der Waals surface area (Å²) >= 11 is 0. The van der Waals surface area contributed by atoms with Crippen molar-refractivity contribution in [1.29, 1.82) is 0 Å². The number of rotatable bonds is 38. The molecule has 0 aromatic heterocycles. The van der Waals surface area contributed by atoms with Crippen molar-refractivity contribution in [3.05, 3.63) is 60.8 Å². The number of hydrogen-bond donors (Lipinski definition) is 3. The standard InChI is InChI=1S/C47H83NO5/c1-4-7-10-13-16-19-22-23-25-26-29-32-35-38-43(53-47(52)40-37-34-31-28-21-18-15-12-9-6-3)41-46(51)48-44(42-49)45(50)39-36-33-30-27-24-20-17-14-11-8-5-2/h7,10,12-13,15-16,19,22-23,25,43-45,49-50H,4-6,8-9,11,14,17-18,20-21,24,26-42H2,1-3H3,(H,48,51)/b10-7+,15-12-,16-13+,22-19+,25-23-. The summed E-state index contributed by atoms with van der Waals surface area (Å²) < 4.78 is 5.86. The lowest BCUT2D eigenvalue weighted by Crippen LogP contribution is -2.46. The molecular formula is C47H83NO5. The van der Waals surface area contributed by atoms with Gasteiger partial charge in [0.05, 0.1) is 25.2 Å². The Kier molecular flexibility index (Phi) is 38.9. The third kappa shape index (κ3) is 36.3. The fraction of sp³-hybridized carbons (Fsp3) is 0.745. The molecule has 0 bridgehead atoms. The van der Waals surface area contributed by atoms with Crippen LogP contribution >= 0.6 is 0 Å². The molecule has 0 aromatic carbocycles. The minimum atomic E-state index is -0.798. The average Bonchev–Trinajstić information content (AvgIpc) is 3.15. The Morgan fingerprint density at radius 2 is 1.08 bits per heavy atom. The van der Waals surface area contributed by atoms with Gasteiger partial charge in [0.2, 0.25) is 5.91 Å². The Balaban J connectivity index is 4.70. The third-order valence-corrected chi connectivity index (χ3v) is 9.66. The number of hydrogen-bond acceptors (Lipinski definition) is 5. The van der Waals surface area contributed by atoms with Crippen LogP contribution in [-0.4, -0.2) is 46.9 Å². The molecule has 0 spiro atoms. The highest BCUT2D eigenvalue weighted by atomic mass is 16.5. The van der Waals surface area contributed by atoms with Crippen LogP contribution in [0.25, 0.3) is 0 Å². The zero-order chi connectivity index (χ0) is 38.9. The van der Waals surface area contributed by atoms with Gasteiger partial charge in [0.25, 0.3) is 0 Å². The molecular weight excluding hydrogens is 659 g/mol. The molecule has 0 saturated heterocycles. The molecule has 6 nitrogen and oxygen atoms in total. The second kappa shape index (κ2) is 40.7. The van der Waals surface area contributed by atoms with Gasteiger partial charge in [0.15, 0.2) is 0 Å². The highest BCUT2D eigenvalue weighted by Gasteiger charge is 2.24. The maximum absolute atomic E-state index is 13.1. The van der Waals surface area contributed by atoms with Crippen LogP contribution in [0.15, 0.2) is 60.8 Å². The van der Waals surface area contributed by atoms with Gasteiger partial charge in [-0.25, -0.2) is 0 Å². The summed E-state index contributed by atoms with van der Waals surface area (Å²) in [6, 6.07) is -0.715. The second-order valence-corrected chi connectivity index (χ2v) is 14.8. The van der Waals surface area contributed by atoms with E-state index in [0.29, 0.717) is 19.3 Å². The minimum absolute atomic E-state index is 0.0462. The fourth-order valence-electron chi connectivity index (χ4n) is 6.32. The van der Waals surface area contributed by atoms with Gasteiger partial charge in [-0.2, -0.15) is 0 Å². The van der Waals surface area contributed by atoms with Gasteiger partial charge in [-0.15, -0.1) is 0 Å². The van der Waals surface area contributed by atoms with E-state index in [-0.39, 0.29) is 24.9 Å². The van der Waals surface area contributed by atoms with Gasteiger partial charge in [-0.05, 0) is 64.2 Å². The molecule has 0 aliphatic heterocycles. The predicted molar refractivity (Wildman–Crippen MR) is 227 cm³/mol. The molecule has 3 unspecified atom stereocenters. The molecule has 0 aromatic rings. The first-order valence-corrected chi connectivity index (χ1v) is 22.1. The molecule has 1 amide bonds. The van der Waals surface area contributed by atoms with Gasteiger partial charge in [-0.3, -0.25) is 9.59 Å². The Hall–Kier alpha value is -2.44. The first-order chi connectivity index (χ1) is 26.0. The van der Waals surface area contributed by atoms with Crippen molar-refractivity contribution in [2.24, 2.45) is 0 Å². The van der Waals surface area contributed by atoms with Gasteiger partial charge in [0, 0.05) is 6.42 Å². The summed E-state index contributed by atoms with van der Waals surface area (Å²) in [5.41, 5.74) is 0. The van der Waals surface area contributed by atoms with Crippen LogP contribution in [0.2, 0.25) is 0 Å². The van der Waals surface area contributed by atoms with E-state index >= 15 is 0 Å². The number of ether oxygens (including phenoxy) is 1. The number of esters is 1. The molecule has 0 heterocycles. The van der Waals surface area contributed by atoms with Crippen molar-refractivity contribution in [2.45, 2.75) is 219 Å². The first kappa shape index (κ1) is 50.6. The van der Waals surface area contributed by atoms with E-state index in [0.717, 1.165) is 83.5 Å². The molecule has 0 aliphatic rings. The van der Waals surface area contributed by atoms with Crippen LogP contribution in [0.3, 0.4) is 0 Å². The molecule has 0 radical (unpaired) electrons. The topological polar surface area (TPSA) is 95.9 Å². The number of aliphatic hydroxyl groups excluding tert-OH is 2. The maximum Gasteiger partial charge on any atom is 0.306 e. The number of carbonyl (C=O) groups excluding carboxylic acids is 2. The molecule has 3 atom stereocenters. The second-order valence-electron chi connectivity index (χ2n) is 14.8.